The Labute approximate surface area is 217 Å². The molecule has 5 aromatic rings. The summed E-state index contributed by atoms with van der Waals surface area (Å²) in [5.74, 6) is 1.50. The Morgan fingerprint density at radius 1 is 0.974 bits per heavy atom. The fraction of sp³-hybridized carbons (Fsp3) is 0.111. The SMILES string of the molecule is O=C1NCc2nc(Nc3cc(N[C@H](CO)c4ccccc4)c(-c4nnc(-c5cccnc5)o4)cn3)ccc21. The zero-order valence-corrected chi connectivity index (χ0v) is 20.0. The third-order valence-electron chi connectivity index (χ3n) is 6.07. The van der Waals surface area contributed by atoms with Gasteiger partial charge in [-0.1, -0.05) is 30.3 Å². The molecule has 5 heterocycles. The van der Waals surface area contributed by atoms with Crippen LogP contribution in [0.15, 0.2) is 83.7 Å². The first-order chi connectivity index (χ1) is 18.7. The fourth-order valence-electron chi connectivity index (χ4n) is 4.16. The van der Waals surface area contributed by atoms with Gasteiger partial charge in [0.05, 0.1) is 47.3 Å². The van der Waals surface area contributed by atoms with E-state index >= 15 is 0 Å². The summed E-state index contributed by atoms with van der Waals surface area (Å²) in [5.41, 5.74) is 4.02. The summed E-state index contributed by atoms with van der Waals surface area (Å²) < 4.78 is 5.96. The van der Waals surface area contributed by atoms with Crippen LogP contribution in [0, 0.1) is 0 Å². The van der Waals surface area contributed by atoms with E-state index in [1.54, 1.807) is 42.9 Å². The summed E-state index contributed by atoms with van der Waals surface area (Å²) in [7, 11) is 0. The summed E-state index contributed by atoms with van der Waals surface area (Å²) in [4.78, 5) is 25.0. The Balaban J connectivity index is 1.35. The zero-order chi connectivity index (χ0) is 25.9. The summed E-state index contributed by atoms with van der Waals surface area (Å²) in [6, 6.07) is 18.1. The van der Waals surface area contributed by atoms with Gasteiger partial charge in [0.2, 0.25) is 5.89 Å². The summed E-state index contributed by atoms with van der Waals surface area (Å²) in [6.45, 7) is 0.237. The number of hydrogen-bond donors (Lipinski definition) is 4. The Morgan fingerprint density at radius 3 is 2.66 bits per heavy atom. The molecule has 11 nitrogen and oxygen atoms in total. The molecule has 0 aliphatic carbocycles. The molecule has 0 unspecified atom stereocenters. The van der Waals surface area contributed by atoms with Crippen molar-refractivity contribution in [3.63, 3.8) is 0 Å². The molecule has 1 aromatic carbocycles. The van der Waals surface area contributed by atoms with E-state index in [2.05, 4.69) is 41.1 Å². The predicted molar refractivity (Wildman–Crippen MR) is 139 cm³/mol. The van der Waals surface area contributed by atoms with E-state index < -0.39 is 6.04 Å². The van der Waals surface area contributed by atoms with Crippen LogP contribution in [-0.2, 0) is 6.54 Å². The maximum absolute atomic E-state index is 11.9. The van der Waals surface area contributed by atoms with Crippen LogP contribution >= 0.6 is 0 Å². The van der Waals surface area contributed by atoms with E-state index in [0.717, 1.165) is 5.56 Å². The van der Waals surface area contributed by atoms with Gasteiger partial charge in [-0.2, -0.15) is 0 Å². The lowest BCUT2D eigenvalue weighted by Gasteiger charge is -2.20. The van der Waals surface area contributed by atoms with Crippen LogP contribution in [-0.4, -0.2) is 42.8 Å². The number of pyridine rings is 3. The largest absolute Gasteiger partial charge is 0.416 e. The van der Waals surface area contributed by atoms with E-state index in [0.29, 0.717) is 52.1 Å². The molecular weight excluding hydrogens is 484 g/mol. The minimum Gasteiger partial charge on any atom is -0.416 e. The number of hydrogen-bond acceptors (Lipinski definition) is 10. The van der Waals surface area contributed by atoms with Gasteiger partial charge in [-0.15, -0.1) is 10.2 Å². The average molecular weight is 507 g/mol. The van der Waals surface area contributed by atoms with Gasteiger partial charge in [0.25, 0.3) is 11.8 Å². The number of amides is 1. The van der Waals surface area contributed by atoms with Crippen molar-refractivity contribution in [3.8, 4) is 22.9 Å². The number of carbonyl (C=O) groups excluding carboxylic acids is 1. The molecule has 0 saturated heterocycles. The smallest absolute Gasteiger partial charge is 0.253 e. The van der Waals surface area contributed by atoms with Crippen molar-refractivity contribution in [1.82, 2.24) is 30.5 Å². The van der Waals surface area contributed by atoms with Gasteiger partial charge in [0.1, 0.15) is 11.6 Å². The number of benzene rings is 1. The molecule has 4 N–H and O–H groups in total. The number of aliphatic hydroxyl groups is 1. The number of nitrogens with zero attached hydrogens (tertiary/aromatic N) is 5. The molecule has 0 bridgehead atoms. The standard InChI is InChI=1S/C27H22N8O3/c36-15-22(16-5-2-1-3-6-16)31-20-11-24(33-23-9-8-18-21(32-23)14-30-25(18)37)29-13-19(20)27-35-34-26(38-27)17-7-4-10-28-12-17/h1-13,22,36H,14-15H2,(H,30,37)(H2,29,31,32,33)/t22-/m1/s1. The second-order valence-electron chi connectivity index (χ2n) is 8.56. The monoisotopic (exact) mass is 506 g/mol. The van der Waals surface area contributed by atoms with Crippen molar-refractivity contribution in [3.05, 3.63) is 96.1 Å². The van der Waals surface area contributed by atoms with Gasteiger partial charge >= 0.3 is 0 Å². The summed E-state index contributed by atoms with van der Waals surface area (Å²) in [6.07, 6.45) is 4.93. The highest BCUT2D eigenvalue weighted by atomic mass is 16.4. The highest BCUT2D eigenvalue weighted by Gasteiger charge is 2.21. The van der Waals surface area contributed by atoms with Crippen LogP contribution in [0.3, 0.4) is 0 Å². The molecule has 0 spiro atoms. The molecule has 38 heavy (non-hydrogen) atoms. The number of aliphatic hydroxyl groups excluding tert-OH is 1. The average Bonchev–Trinajstić information content (AvgIpc) is 3.60. The summed E-state index contributed by atoms with van der Waals surface area (Å²) >= 11 is 0. The Morgan fingerprint density at radius 2 is 1.84 bits per heavy atom. The zero-order valence-electron chi connectivity index (χ0n) is 20.0. The number of anilines is 3. The van der Waals surface area contributed by atoms with Gasteiger partial charge < -0.3 is 25.5 Å². The Hall–Kier alpha value is -5.16. The van der Waals surface area contributed by atoms with Crippen LogP contribution in [0.1, 0.15) is 27.7 Å². The lowest BCUT2D eigenvalue weighted by atomic mass is 10.1. The Kier molecular flexibility index (Phi) is 6.16. The van der Waals surface area contributed by atoms with Crippen molar-refractivity contribution < 1.29 is 14.3 Å². The van der Waals surface area contributed by atoms with Crippen molar-refractivity contribution in [2.75, 3.05) is 17.2 Å². The normalized spacial score (nSPS) is 13.0. The second-order valence-corrected chi connectivity index (χ2v) is 8.56. The van der Waals surface area contributed by atoms with Crippen LogP contribution in [0.25, 0.3) is 22.9 Å². The van der Waals surface area contributed by atoms with Crippen molar-refractivity contribution >= 4 is 23.2 Å². The van der Waals surface area contributed by atoms with Gasteiger partial charge in [-0.05, 0) is 29.8 Å². The van der Waals surface area contributed by atoms with Gasteiger partial charge in [-0.25, -0.2) is 9.97 Å². The van der Waals surface area contributed by atoms with Crippen LogP contribution in [0.5, 0.6) is 0 Å². The molecule has 11 heteroatoms. The van der Waals surface area contributed by atoms with E-state index in [-0.39, 0.29) is 18.4 Å². The topological polar surface area (TPSA) is 151 Å². The highest BCUT2D eigenvalue weighted by molar-refractivity contribution is 5.98. The third-order valence-corrected chi connectivity index (χ3v) is 6.07. The molecule has 1 aliphatic rings. The lowest BCUT2D eigenvalue weighted by Crippen LogP contribution is -2.15. The number of fused-ring (bicyclic) bond motifs is 1. The van der Waals surface area contributed by atoms with E-state index in [4.69, 9.17) is 4.42 Å². The van der Waals surface area contributed by atoms with Crippen LogP contribution in [0.2, 0.25) is 0 Å². The molecule has 0 radical (unpaired) electrons. The van der Waals surface area contributed by atoms with Crippen LogP contribution in [0.4, 0.5) is 17.3 Å². The van der Waals surface area contributed by atoms with Crippen molar-refractivity contribution in [1.29, 1.82) is 0 Å². The molecule has 6 rings (SSSR count). The van der Waals surface area contributed by atoms with Gasteiger partial charge in [-0.3, -0.25) is 9.78 Å². The minimum absolute atomic E-state index is 0.130. The first-order valence-corrected chi connectivity index (χ1v) is 11.9. The molecule has 188 valence electrons. The number of nitrogens with one attached hydrogen (secondary N) is 3. The minimum atomic E-state index is -0.402. The molecule has 1 amide bonds. The van der Waals surface area contributed by atoms with E-state index in [1.165, 1.54) is 0 Å². The predicted octanol–water partition coefficient (Wildman–Crippen LogP) is 3.72. The molecular formula is C27H22N8O3. The highest BCUT2D eigenvalue weighted by Crippen LogP contribution is 2.33. The maximum atomic E-state index is 11.9. The first-order valence-electron chi connectivity index (χ1n) is 11.9. The second kappa shape index (κ2) is 10.1. The van der Waals surface area contributed by atoms with Crippen molar-refractivity contribution in [2.24, 2.45) is 0 Å². The molecule has 4 aromatic heterocycles. The molecule has 0 fully saturated rings. The third kappa shape index (κ3) is 4.65. The first kappa shape index (κ1) is 23.3. The quantitative estimate of drug-likeness (QED) is 0.245. The van der Waals surface area contributed by atoms with E-state index in [1.807, 2.05) is 36.4 Å². The van der Waals surface area contributed by atoms with Crippen molar-refractivity contribution in [2.45, 2.75) is 12.6 Å². The number of carbonyl (C=O) groups is 1. The molecule has 0 saturated carbocycles. The maximum Gasteiger partial charge on any atom is 0.253 e. The van der Waals surface area contributed by atoms with Crippen LogP contribution < -0.4 is 16.0 Å². The molecule has 1 atom stereocenters. The Bertz CT molecular complexity index is 1590. The van der Waals surface area contributed by atoms with E-state index in [9.17, 15) is 9.90 Å². The van der Waals surface area contributed by atoms with Gasteiger partial charge in [0, 0.05) is 24.7 Å². The fourth-order valence-corrected chi connectivity index (χ4v) is 4.16. The number of rotatable bonds is 8. The van der Waals surface area contributed by atoms with Gasteiger partial charge in [0.15, 0.2) is 0 Å². The molecule has 1 aliphatic heterocycles. The number of aromatic nitrogens is 5. The lowest BCUT2D eigenvalue weighted by molar-refractivity contribution is 0.0965. The summed E-state index contributed by atoms with van der Waals surface area (Å²) in [5, 5.41) is 27.9.